The summed E-state index contributed by atoms with van der Waals surface area (Å²) in [5, 5.41) is 13.8. The number of furan rings is 1. The normalized spacial score (nSPS) is 10.5. The van der Waals surface area contributed by atoms with Crippen LogP contribution >= 0.6 is 11.6 Å². The number of hydrogen-bond donors (Lipinski definition) is 1. The summed E-state index contributed by atoms with van der Waals surface area (Å²) in [5.41, 5.74) is 1.77. The number of carbonyl (C=O) groups excluding carboxylic acids is 1. The smallest absolute Gasteiger partial charge is 0.291 e. The SMILES string of the molecule is O=C(Nc1cccc(OCc2cccnc2)c1)c1ccc(-c2ccc([N+](=O)[O-])cc2Cl)o1. The Balaban J connectivity index is 1.44. The number of ether oxygens (including phenoxy) is 1. The minimum absolute atomic E-state index is 0.0658. The summed E-state index contributed by atoms with van der Waals surface area (Å²) in [7, 11) is 0. The van der Waals surface area contributed by atoms with E-state index in [1.165, 1.54) is 24.3 Å². The number of carbonyl (C=O) groups is 1. The van der Waals surface area contributed by atoms with Crippen molar-refractivity contribution in [2.24, 2.45) is 0 Å². The molecule has 0 radical (unpaired) electrons. The third kappa shape index (κ3) is 4.93. The van der Waals surface area contributed by atoms with Gasteiger partial charge in [0.1, 0.15) is 18.1 Å². The largest absolute Gasteiger partial charge is 0.489 e. The van der Waals surface area contributed by atoms with E-state index in [-0.39, 0.29) is 16.5 Å². The molecule has 8 nitrogen and oxygen atoms in total. The second kappa shape index (κ2) is 9.32. The number of benzene rings is 2. The fourth-order valence-corrected chi connectivity index (χ4v) is 3.20. The van der Waals surface area contributed by atoms with Crippen LogP contribution in [0, 0.1) is 10.1 Å². The first kappa shape index (κ1) is 21.1. The van der Waals surface area contributed by atoms with Crippen LogP contribution in [0.3, 0.4) is 0 Å². The van der Waals surface area contributed by atoms with Crippen LogP contribution in [0.4, 0.5) is 11.4 Å². The summed E-state index contributed by atoms with van der Waals surface area (Å²) in [4.78, 5) is 27.0. The zero-order valence-electron chi connectivity index (χ0n) is 16.5. The molecular weight excluding hydrogens is 434 g/mol. The van der Waals surface area contributed by atoms with Gasteiger partial charge in [-0.25, -0.2) is 0 Å². The Labute approximate surface area is 187 Å². The zero-order chi connectivity index (χ0) is 22.5. The summed E-state index contributed by atoms with van der Waals surface area (Å²) >= 11 is 6.14. The third-order valence-corrected chi connectivity index (χ3v) is 4.79. The number of nitro groups is 1. The van der Waals surface area contributed by atoms with Crippen molar-refractivity contribution in [3.05, 3.63) is 106 Å². The Morgan fingerprint density at radius 1 is 1.12 bits per heavy atom. The van der Waals surface area contributed by atoms with Gasteiger partial charge in [0.25, 0.3) is 11.6 Å². The van der Waals surface area contributed by atoms with Gasteiger partial charge >= 0.3 is 0 Å². The van der Waals surface area contributed by atoms with Crippen molar-refractivity contribution in [1.82, 2.24) is 4.98 Å². The molecule has 4 rings (SSSR count). The molecule has 2 aromatic heterocycles. The number of amides is 1. The minimum Gasteiger partial charge on any atom is -0.489 e. The van der Waals surface area contributed by atoms with E-state index < -0.39 is 10.8 Å². The van der Waals surface area contributed by atoms with Crippen LogP contribution in [-0.2, 0) is 6.61 Å². The summed E-state index contributed by atoms with van der Waals surface area (Å²) in [6.07, 6.45) is 3.41. The van der Waals surface area contributed by atoms with E-state index in [4.69, 9.17) is 20.8 Å². The van der Waals surface area contributed by atoms with Gasteiger partial charge in [0.05, 0.1) is 9.95 Å². The lowest BCUT2D eigenvalue weighted by Crippen LogP contribution is -2.10. The molecule has 0 saturated carbocycles. The first-order chi connectivity index (χ1) is 15.5. The lowest BCUT2D eigenvalue weighted by Gasteiger charge is -2.08. The van der Waals surface area contributed by atoms with Gasteiger partial charge in [-0.3, -0.25) is 19.9 Å². The lowest BCUT2D eigenvalue weighted by molar-refractivity contribution is -0.384. The number of nitrogens with zero attached hydrogens (tertiary/aromatic N) is 2. The Morgan fingerprint density at radius 3 is 2.75 bits per heavy atom. The molecule has 0 aliphatic rings. The summed E-state index contributed by atoms with van der Waals surface area (Å²) in [6.45, 7) is 0.350. The Bertz CT molecular complexity index is 1270. The summed E-state index contributed by atoms with van der Waals surface area (Å²) < 4.78 is 11.4. The average Bonchev–Trinajstić information content (AvgIpc) is 3.29. The van der Waals surface area contributed by atoms with Gasteiger partial charge in [-0.1, -0.05) is 23.7 Å². The van der Waals surface area contributed by atoms with Crippen molar-refractivity contribution in [1.29, 1.82) is 0 Å². The topological polar surface area (TPSA) is 108 Å². The second-order valence-corrected chi connectivity index (χ2v) is 7.12. The van der Waals surface area contributed by atoms with Crippen LogP contribution in [0.25, 0.3) is 11.3 Å². The Kier molecular flexibility index (Phi) is 6.14. The standard InChI is InChI=1S/C23H16ClN3O5/c24-20-12-17(27(29)30)6-7-19(20)21-8-9-22(32-21)23(28)26-16-4-1-5-18(11-16)31-14-15-3-2-10-25-13-15/h1-13H,14H2,(H,26,28). The first-order valence-electron chi connectivity index (χ1n) is 9.47. The molecule has 1 amide bonds. The highest BCUT2D eigenvalue weighted by Gasteiger charge is 2.16. The van der Waals surface area contributed by atoms with Crippen LogP contribution in [0.2, 0.25) is 5.02 Å². The maximum absolute atomic E-state index is 12.6. The predicted molar refractivity (Wildman–Crippen MR) is 119 cm³/mol. The number of rotatable bonds is 7. The molecule has 0 aliphatic heterocycles. The maximum Gasteiger partial charge on any atom is 0.291 e. The highest BCUT2D eigenvalue weighted by atomic mass is 35.5. The molecule has 0 unspecified atom stereocenters. The molecule has 0 fully saturated rings. The van der Waals surface area contributed by atoms with E-state index in [0.717, 1.165) is 5.56 Å². The van der Waals surface area contributed by atoms with Crippen LogP contribution < -0.4 is 10.1 Å². The Morgan fingerprint density at radius 2 is 2.00 bits per heavy atom. The molecule has 9 heteroatoms. The number of halogens is 1. The quantitative estimate of drug-likeness (QED) is 0.285. The first-order valence-corrected chi connectivity index (χ1v) is 9.84. The van der Waals surface area contributed by atoms with E-state index in [0.29, 0.717) is 29.4 Å². The average molecular weight is 450 g/mol. The molecule has 160 valence electrons. The van der Waals surface area contributed by atoms with E-state index in [9.17, 15) is 14.9 Å². The Hall–Kier alpha value is -4.17. The molecule has 0 bridgehead atoms. The summed E-state index contributed by atoms with van der Waals surface area (Å²) in [6, 6.07) is 17.8. The van der Waals surface area contributed by atoms with Crippen molar-refractivity contribution in [2.45, 2.75) is 6.61 Å². The van der Waals surface area contributed by atoms with Gasteiger partial charge < -0.3 is 14.5 Å². The molecule has 0 aliphatic carbocycles. The van der Waals surface area contributed by atoms with Crippen LogP contribution in [-0.4, -0.2) is 15.8 Å². The van der Waals surface area contributed by atoms with Crippen molar-refractivity contribution in [3.8, 4) is 17.1 Å². The maximum atomic E-state index is 12.6. The van der Waals surface area contributed by atoms with Crippen LogP contribution in [0.15, 0.2) is 83.5 Å². The fraction of sp³-hybridized carbons (Fsp3) is 0.0435. The van der Waals surface area contributed by atoms with E-state index >= 15 is 0 Å². The molecule has 2 heterocycles. The molecule has 2 aromatic carbocycles. The lowest BCUT2D eigenvalue weighted by atomic mass is 10.1. The molecule has 0 saturated heterocycles. The van der Waals surface area contributed by atoms with Gasteiger partial charge in [0.15, 0.2) is 5.76 Å². The van der Waals surface area contributed by atoms with Crippen LogP contribution in [0.1, 0.15) is 16.1 Å². The van der Waals surface area contributed by atoms with Gasteiger partial charge in [-0.15, -0.1) is 0 Å². The van der Waals surface area contributed by atoms with Gasteiger partial charge in [0, 0.05) is 47.4 Å². The van der Waals surface area contributed by atoms with Crippen molar-refractivity contribution < 1.29 is 18.9 Å². The molecule has 4 aromatic rings. The minimum atomic E-state index is -0.536. The number of nitro benzene ring substituents is 1. The second-order valence-electron chi connectivity index (χ2n) is 6.72. The number of anilines is 1. The van der Waals surface area contributed by atoms with Gasteiger partial charge in [0.2, 0.25) is 0 Å². The van der Waals surface area contributed by atoms with Crippen molar-refractivity contribution in [2.75, 3.05) is 5.32 Å². The van der Waals surface area contributed by atoms with Gasteiger partial charge in [-0.05, 0) is 36.4 Å². The number of hydrogen-bond acceptors (Lipinski definition) is 6. The third-order valence-electron chi connectivity index (χ3n) is 4.48. The number of nitrogens with one attached hydrogen (secondary N) is 1. The fourth-order valence-electron chi connectivity index (χ4n) is 2.93. The van der Waals surface area contributed by atoms with E-state index in [1.807, 2.05) is 12.1 Å². The molecular formula is C23H16ClN3O5. The highest BCUT2D eigenvalue weighted by molar-refractivity contribution is 6.33. The van der Waals surface area contributed by atoms with Gasteiger partial charge in [-0.2, -0.15) is 0 Å². The molecule has 1 N–H and O–H groups in total. The number of aromatic nitrogens is 1. The monoisotopic (exact) mass is 449 g/mol. The molecule has 0 spiro atoms. The van der Waals surface area contributed by atoms with Crippen LogP contribution in [0.5, 0.6) is 5.75 Å². The highest BCUT2D eigenvalue weighted by Crippen LogP contribution is 2.32. The van der Waals surface area contributed by atoms with Crippen molar-refractivity contribution >= 4 is 28.9 Å². The summed E-state index contributed by atoms with van der Waals surface area (Å²) in [5.74, 6) is 0.517. The predicted octanol–water partition coefficient (Wildman–Crippen LogP) is 5.73. The van der Waals surface area contributed by atoms with E-state index in [1.54, 1.807) is 42.7 Å². The number of non-ortho nitro benzene ring substituents is 1. The number of pyridine rings is 1. The van der Waals surface area contributed by atoms with Crippen molar-refractivity contribution in [3.63, 3.8) is 0 Å². The van der Waals surface area contributed by atoms with E-state index in [2.05, 4.69) is 10.3 Å². The molecule has 0 atom stereocenters. The molecule has 32 heavy (non-hydrogen) atoms. The zero-order valence-corrected chi connectivity index (χ0v) is 17.3.